The number of hydrogen-bond donors (Lipinski definition) is 0. The van der Waals surface area contributed by atoms with Gasteiger partial charge in [-0.25, -0.2) is 4.39 Å². The van der Waals surface area contributed by atoms with Crippen molar-refractivity contribution in [2.45, 2.75) is 11.8 Å². The number of nitrogens with zero attached hydrogens (tertiary/aromatic N) is 3. The summed E-state index contributed by atoms with van der Waals surface area (Å²) in [5.74, 6) is 0.104. The van der Waals surface area contributed by atoms with Gasteiger partial charge in [0.2, 0.25) is 5.91 Å². The standard InChI is InChI=1S/C16H13ClFN3O3S/c1-21(8-10-11(17)4-2-5-12(10)18)14(22)9-25-16-20-19-15(24-16)13-6-3-7-23-13/h2-7H,8-9H2,1H3. The van der Waals surface area contributed by atoms with Crippen molar-refractivity contribution >= 4 is 29.3 Å². The topological polar surface area (TPSA) is 72.4 Å². The first-order valence-electron chi connectivity index (χ1n) is 7.21. The summed E-state index contributed by atoms with van der Waals surface area (Å²) in [7, 11) is 1.58. The molecule has 0 N–H and O–H groups in total. The van der Waals surface area contributed by atoms with Crippen LogP contribution in [0.15, 0.2) is 50.7 Å². The number of thioether (sulfide) groups is 1. The minimum absolute atomic E-state index is 0.0718. The molecule has 1 aromatic carbocycles. The van der Waals surface area contributed by atoms with Crippen molar-refractivity contribution in [2.75, 3.05) is 12.8 Å². The summed E-state index contributed by atoms with van der Waals surface area (Å²) < 4.78 is 24.4. The molecular weight excluding hydrogens is 369 g/mol. The van der Waals surface area contributed by atoms with E-state index in [4.69, 9.17) is 20.4 Å². The third-order valence-electron chi connectivity index (χ3n) is 3.34. The second-order valence-corrected chi connectivity index (χ2v) is 6.42. The molecule has 0 radical (unpaired) electrons. The zero-order chi connectivity index (χ0) is 17.8. The quantitative estimate of drug-likeness (QED) is 0.603. The monoisotopic (exact) mass is 381 g/mol. The molecule has 0 saturated heterocycles. The van der Waals surface area contributed by atoms with Gasteiger partial charge in [-0.15, -0.1) is 10.2 Å². The zero-order valence-corrected chi connectivity index (χ0v) is 14.7. The fraction of sp³-hybridized carbons (Fsp3) is 0.188. The van der Waals surface area contributed by atoms with Crippen molar-refractivity contribution in [3.63, 3.8) is 0 Å². The molecule has 0 aliphatic rings. The Labute approximate surface area is 152 Å². The predicted octanol–water partition coefficient (Wildman–Crippen LogP) is 3.87. The Morgan fingerprint density at radius 1 is 1.32 bits per heavy atom. The molecule has 3 rings (SSSR count). The first-order chi connectivity index (χ1) is 12.0. The fourth-order valence-corrected chi connectivity index (χ4v) is 2.94. The smallest absolute Gasteiger partial charge is 0.284 e. The van der Waals surface area contributed by atoms with E-state index in [0.29, 0.717) is 5.76 Å². The molecule has 0 saturated carbocycles. The summed E-state index contributed by atoms with van der Waals surface area (Å²) in [6, 6.07) is 7.81. The van der Waals surface area contributed by atoms with Crippen molar-refractivity contribution in [3.8, 4) is 11.7 Å². The number of benzene rings is 1. The molecule has 0 aliphatic heterocycles. The second-order valence-electron chi connectivity index (χ2n) is 5.09. The van der Waals surface area contributed by atoms with E-state index in [2.05, 4.69) is 10.2 Å². The van der Waals surface area contributed by atoms with E-state index in [0.717, 1.165) is 11.8 Å². The average Bonchev–Trinajstić information content (AvgIpc) is 3.26. The van der Waals surface area contributed by atoms with Crippen LogP contribution in [0.5, 0.6) is 0 Å². The number of aromatic nitrogens is 2. The molecule has 0 bridgehead atoms. The lowest BCUT2D eigenvalue weighted by molar-refractivity contribution is -0.127. The summed E-state index contributed by atoms with van der Waals surface area (Å²) in [6.07, 6.45) is 1.50. The maximum absolute atomic E-state index is 13.8. The summed E-state index contributed by atoms with van der Waals surface area (Å²) in [4.78, 5) is 13.6. The van der Waals surface area contributed by atoms with Gasteiger partial charge in [-0.05, 0) is 24.3 Å². The highest BCUT2D eigenvalue weighted by Gasteiger charge is 2.17. The van der Waals surface area contributed by atoms with E-state index in [1.807, 2.05) is 0 Å². The number of furan rings is 1. The molecule has 9 heteroatoms. The van der Waals surface area contributed by atoms with E-state index in [-0.39, 0.29) is 39.9 Å². The number of rotatable bonds is 6. The highest BCUT2D eigenvalue weighted by atomic mass is 35.5. The summed E-state index contributed by atoms with van der Waals surface area (Å²) >= 11 is 7.07. The minimum Gasteiger partial charge on any atom is -0.459 e. The third-order valence-corrected chi connectivity index (χ3v) is 4.50. The first kappa shape index (κ1) is 17.5. The SMILES string of the molecule is CN(Cc1c(F)cccc1Cl)C(=O)CSc1nnc(-c2ccco2)o1. The number of halogens is 2. The lowest BCUT2D eigenvalue weighted by Gasteiger charge is -2.17. The van der Waals surface area contributed by atoms with Crippen molar-refractivity contribution in [2.24, 2.45) is 0 Å². The van der Waals surface area contributed by atoms with Crippen molar-refractivity contribution < 1.29 is 18.0 Å². The van der Waals surface area contributed by atoms with Gasteiger partial charge >= 0.3 is 0 Å². The van der Waals surface area contributed by atoms with Crippen LogP contribution in [0, 0.1) is 5.82 Å². The van der Waals surface area contributed by atoms with Crippen LogP contribution in [0.3, 0.4) is 0 Å². The average molecular weight is 382 g/mol. The molecule has 1 amide bonds. The molecule has 6 nitrogen and oxygen atoms in total. The number of carbonyl (C=O) groups is 1. The second kappa shape index (κ2) is 7.71. The molecule has 0 aliphatic carbocycles. The van der Waals surface area contributed by atoms with Gasteiger partial charge in [-0.1, -0.05) is 29.4 Å². The van der Waals surface area contributed by atoms with Gasteiger partial charge in [0, 0.05) is 24.2 Å². The van der Waals surface area contributed by atoms with Crippen LogP contribution in [0.25, 0.3) is 11.7 Å². The Balaban J connectivity index is 1.57. The molecule has 25 heavy (non-hydrogen) atoms. The van der Waals surface area contributed by atoms with E-state index >= 15 is 0 Å². The summed E-state index contributed by atoms with van der Waals surface area (Å²) in [6.45, 7) is 0.0758. The van der Waals surface area contributed by atoms with Crippen LogP contribution >= 0.6 is 23.4 Å². The third kappa shape index (κ3) is 4.21. The van der Waals surface area contributed by atoms with E-state index < -0.39 is 5.82 Å². The summed E-state index contributed by atoms with van der Waals surface area (Å²) in [5, 5.41) is 8.23. The van der Waals surface area contributed by atoms with Crippen LogP contribution in [0.1, 0.15) is 5.56 Å². The van der Waals surface area contributed by atoms with Crippen LogP contribution in [0.2, 0.25) is 5.02 Å². The van der Waals surface area contributed by atoms with Crippen LogP contribution in [0.4, 0.5) is 4.39 Å². The molecule has 0 spiro atoms. The lowest BCUT2D eigenvalue weighted by Crippen LogP contribution is -2.28. The van der Waals surface area contributed by atoms with Crippen molar-refractivity contribution in [1.82, 2.24) is 15.1 Å². The molecule has 2 aromatic heterocycles. The van der Waals surface area contributed by atoms with Crippen LogP contribution < -0.4 is 0 Å². The van der Waals surface area contributed by atoms with E-state index in [1.165, 1.54) is 23.3 Å². The molecule has 0 fully saturated rings. The van der Waals surface area contributed by atoms with Gasteiger partial charge in [0.25, 0.3) is 11.1 Å². The Morgan fingerprint density at radius 2 is 2.16 bits per heavy atom. The van der Waals surface area contributed by atoms with Crippen LogP contribution in [-0.4, -0.2) is 33.8 Å². The molecule has 2 heterocycles. The van der Waals surface area contributed by atoms with Gasteiger partial charge in [-0.3, -0.25) is 4.79 Å². The molecule has 0 unspecified atom stereocenters. The minimum atomic E-state index is -0.445. The fourth-order valence-electron chi connectivity index (χ4n) is 2.01. The molecule has 0 atom stereocenters. The van der Waals surface area contributed by atoms with Crippen molar-refractivity contribution in [3.05, 3.63) is 53.0 Å². The van der Waals surface area contributed by atoms with Gasteiger partial charge in [-0.2, -0.15) is 0 Å². The first-order valence-corrected chi connectivity index (χ1v) is 8.58. The Kier molecular flexibility index (Phi) is 5.40. The molecular formula is C16H13ClFN3O3S. The van der Waals surface area contributed by atoms with Gasteiger partial charge < -0.3 is 13.7 Å². The van der Waals surface area contributed by atoms with Crippen LogP contribution in [-0.2, 0) is 11.3 Å². The van der Waals surface area contributed by atoms with Gasteiger partial charge in [0.15, 0.2) is 5.76 Å². The molecule has 130 valence electrons. The summed E-state index contributed by atoms with van der Waals surface area (Å²) in [5.41, 5.74) is 0.280. The maximum atomic E-state index is 13.8. The molecule has 3 aromatic rings. The Bertz CT molecular complexity index is 849. The zero-order valence-electron chi connectivity index (χ0n) is 13.1. The number of carbonyl (C=O) groups excluding carboxylic acids is 1. The highest BCUT2D eigenvalue weighted by molar-refractivity contribution is 7.99. The largest absolute Gasteiger partial charge is 0.459 e. The van der Waals surface area contributed by atoms with E-state index in [1.54, 1.807) is 25.2 Å². The Hall–Kier alpha value is -2.32. The van der Waals surface area contributed by atoms with Gasteiger partial charge in [0.05, 0.1) is 12.0 Å². The van der Waals surface area contributed by atoms with Gasteiger partial charge in [0.1, 0.15) is 5.82 Å². The number of hydrogen-bond acceptors (Lipinski definition) is 6. The normalized spacial score (nSPS) is 10.8. The predicted molar refractivity (Wildman–Crippen MR) is 90.6 cm³/mol. The van der Waals surface area contributed by atoms with Crippen molar-refractivity contribution in [1.29, 1.82) is 0 Å². The van der Waals surface area contributed by atoms with E-state index in [9.17, 15) is 9.18 Å². The highest BCUT2D eigenvalue weighted by Crippen LogP contribution is 2.24. The number of amides is 1. The maximum Gasteiger partial charge on any atom is 0.284 e. The Morgan fingerprint density at radius 3 is 2.88 bits per heavy atom. The lowest BCUT2D eigenvalue weighted by atomic mass is 10.2.